The highest BCUT2D eigenvalue weighted by Gasteiger charge is 2.31. The Balaban J connectivity index is 1.53. The van der Waals surface area contributed by atoms with Crippen LogP contribution in [0.3, 0.4) is 0 Å². The van der Waals surface area contributed by atoms with E-state index >= 15 is 0 Å². The minimum atomic E-state index is 0.106. The van der Waals surface area contributed by atoms with Crippen molar-refractivity contribution >= 4 is 21.5 Å². The van der Waals surface area contributed by atoms with Gasteiger partial charge in [-0.1, -0.05) is 24.3 Å². The number of benzene rings is 2. The Morgan fingerprint density at radius 3 is 2.07 bits per heavy atom. The summed E-state index contributed by atoms with van der Waals surface area (Å²) in [6.45, 7) is 1.16. The molecule has 3 heterocycles. The fraction of sp³-hybridized carbons (Fsp3) is 0.304. The van der Waals surface area contributed by atoms with Gasteiger partial charge in [-0.2, -0.15) is 0 Å². The minimum Gasteiger partial charge on any atom is -0.395 e. The van der Waals surface area contributed by atoms with E-state index in [1.54, 1.807) is 0 Å². The summed E-state index contributed by atoms with van der Waals surface area (Å²) in [4.78, 5) is 8.64. The van der Waals surface area contributed by atoms with Crippen molar-refractivity contribution in [2.24, 2.45) is 0 Å². The van der Waals surface area contributed by atoms with E-state index in [4.69, 9.17) is 0 Å². The molecule has 1 aliphatic heterocycles. The maximum absolute atomic E-state index is 9.64. The van der Waals surface area contributed by atoms with Gasteiger partial charge in [0.05, 0.1) is 12.6 Å². The van der Waals surface area contributed by atoms with Crippen LogP contribution in [0.2, 0.25) is 0 Å². The van der Waals surface area contributed by atoms with Crippen LogP contribution in [0.4, 0.5) is 0 Å². The molecule has 5 rings (SSSR count). The highest BCUT2D eigenvalue weighted by atomic mass is 16.3. The number of rotatable bonds is 5. The molecule has 0 unspecified atom stereocenters. The molecule has 0 spiro atoms. The van der Waals surface area contributed by atoms with Gasteiger partial charge >= 0.3 is 0 Å². The number of aromatic nitrogens is 2. The van der Waals surface area contributed by atoms with E-state index in [9.17, 15) is 5.11 Å². The summed E-state index contributed by atoms with van der Waals surface area (Å²) in [7, 11) is 2.09. The highest BCUT2D eigenvalue weighted by Crippen LogP contribution is 2.30. The van der Waals surface area contributed by atoms with E-state index in [0.717, 1.165) is 13.0 Å². The zero-order chi connectivity index (χ0) is 19.1. The average Bonchev–Trinajstić information content (AvgIpc) is 3.44. The maximum Gasteiger partial charge on any atom is 0.0587 e. The van der Waals surface area contributed by atoms with Gasteiger partial charge in [-0.15, -0.1) is 0 Å². The number of hydrogen-bond donors (Lipinski definition) is 4. The fourth-order valence-electron chi connectivity index (χ4n) is 4.54. The third kappa shape index (κ3) is 3.11. The Bertz CT molecular complexity index is 1020. The lowest BCUT2D eigenvalue weighted by molar-refractivity contribution is 0.182. The number of likely N-dealkylation sites (tertiary alicyclic amines) is 1. The van der Waals surface area contributed by atoms with Crippen molar-refractivity contribution in [2.45, 2.75) is 24.5 Å². The summed E-state index contributed by atoms with van der Waals surface area (Å²) in [6, 6.07) is 14.0. The molecule has 5 heteroatoms. The molecule has 0 aliphatic carbocycles. The van der Waals surface area contributed by atoms with E-state index in [1.165, 1.54) is 32.7 Å². The molecule has 4 aromatic rings. The number of aromatic amines is 2. The van der Waals surface area contributed by atoms with Crippen LogP contribution in [-0.4, -0.2) is 52.3 Å². The van der Waals surface area contributed by atoms with Crippen LogP contribution in [-0.2, 0) is 0 Å². The first kappa shape index (κ1) is 17.5. The third-order valence-electron chi connectivity index (χ3n) is 6.15. The van der Waals surface area contributed by atoms with Gasteiger partial charge in [0, 0.05) is 43.4 Å². The summed E-state index contributed by atoms with van der Waals surface area (Å²) in [5, 5.41) is 18.4. The van der Waals surface area contributed by atoms with Gasteiger partial charge in [0.2, 0.25) is 0 Å². The summed E-state index contributed by atoms with van der Waals surface area (Å²) >= 11 is 0. The van der Waals surface area contributed by atoms with Gasteiger partial charge < -0.3 is 20.4 Å². The van der Waals surface area contributed by atoms with Crippen LogP contribution in [0.1, 0.15) is 23.6 Å². The second kappa shape index (κ2) is 7.09. The molecule has 0 radical (unpaired) electrons. The van der Waals surface area contributed by atoms with Crippen LogP contribution < -0.4 is 5.32 Å². The quantitative estimate of drug-likeness (QED) is 0.433. The van der Waals surface area contributed by atoms with Crippen LogP contribution in [0.25, 0.3) is 21.5 Å². The summed E-state index contributed by atoms with van der Waals surface area (Å²) in [5.41, 5.74) is 2.52. The number of aliphatic hydroxyl groups is 1. The van der Waals surface area contributed by atoms with Crippen LogP contribution in [0.5, 0.6) is 0 Å². The molecule has 1 aliphatic rings. The van der Waals surface area contributed by atoms with Crippen molar-refractivity contribution < 1.29 is 5.11 Å². The second-order valence-corrected chi connectivity index (χ2v) is 8.00. The minimum absolute atomic E-state index is 0.106. The second-order valence-electron chi connectivity index (χ2n) is 8.00. The molecule has 1 fully saturated rings. The van der Waals surface area contributed by atoms with Crippen LogP contribution >= 0.6 is 0 Å². The standard InChI is InChI=1S/C23H26N4O/c1-27-13-21(8-22(27)14-28)26-23(15-2-4-17-9-24-11-19(17)6-15)16-3-5-18-10-25-12-20(18)7-16/h2-7,9-12,21-26,28H,8,13-14H2,1H3/t21-,22+/m0/s1. The van der Waals surface area contributed by atoms with E-state index in [2.05, 4.69) is 76.0 Å². The summed E-state index contributed by atoms with van der Waals surface area (Å²) in [6.07, 6.45) is 9.13. The van der Waals surface area contributed by atoms with Gasteiger partial charge in [-0.05, 0) is 58.3 Å². The van der Waals surface area contributed by atoms with Gasteiger partial charge in [-0.25, -0.2) is 0 Å². The Morgan fingerprint density at radius 1 is 0.964 bits per heavy atom. The number of nitrogens with one attached hydrogen (secondary N) is 3. The first-order valence-electron chi connectivity index (χ1n) is 9.91. The van der Waals surface area contributed by atoms with Crippen molar-refractivity contribution in [2.75, 3.05) is 20.2 Å². The topological polar surface area (TPSA) is 67.1 Å². The molecule has 0 bridgehead atoms. The van der Waals surface area contributed by atoms with Gasteiger partial charge in [0.15, 0.2) is 0 Å². The number of likely N-dealkylation sites (N-methyl/N-ethyl adjacent to an activating group) is 1. The first-order valence-corrected chi connectivity index (χ1v) is 9.91. The third-order valence-corrected chi connectivity index (χ3v) is 6.15. The molecule has 28 heavy (non-hydrogen) atoms. The van der Waals surface area contributed by atoms with Gasteiger partial charge in [0.1, 0.15) is 0 Å². The molecule has 0 saturated carbocycles. The SMILES string of the molecule is CN1C[C@@H](NC(c2ccc3c[nH]cc3c2)c2ccc3c[nH]cc3c2)C[C@@H]1CO. The van der Waals surface area contributed by atoms with Crippen molar-refractivity contribution in [1.29, 1.82) is 0 Å². The van der Waals surface area contributed by atoms with Crippen LogP contribution in [0.15, 0.2) is 61.2 Å². The Hall–Kier alpha value is -2.60. The number of nitrogens with zero attached hydrogens (tertiary/aromatic N) is 1. The number of hydrogen-bond acceptors (Lipinski definition) is 3. The predicted octanol–water partition coefficient (Wildman–Crippen LogP) is 3.39. The molecule has 1 saturated heterocycles. The lowest BCUT2D eigenvalue weighted by atomic mass is 9.95. The lowest BCUT2D eigenvalue weighted by Gasteiger charge is -2.24. The summed E-state index contributed by atoms with van der Waals surface area (Å²) < 4.78 is 0. The maximum atomic E-state index is 9.64. The van der Waals surface area contributed by atoms with E-state index < -0.39 is 0 Å². The fourth-order valence-corrected chi connectivity index (χ4v) is 4.54. The van der Waals surface area contributed by atoms with Crippen LogP contribution in [0, 0.1) is 0 Å². The van der Waals surface area contributed by atoms with Crippen molar-refractivity contribution in [3.63, 3.8) is 0 Å². The molecule has 0 amide bonds. The van der Waals surface area contributed by atoms with E-state index in [1.807, 2.05) is 12.4 Å². The normalized spacial score (nSPS) is 20.7. The number of aliphatic hydroxyl groups excluding tert-OH is 1. The molecule has 144 valence electrons. The lowest BCUT2D eigenvalue weighted by Crippen LogP contribution is -2.35. The van der Waals surface area contributed by atoms with Crippen molar-refractivity contribution in [1.82, 2.24) is 20.2 Å². The number of fused-ring (bicyclic) bond motifs is 2. The van der Waals surface area contributed by atoms with Gasteiger partial charge in [0.25, 0.3) is 0 Å². The van der Waals surface area contributed by atoms with E-state index in [-0.39, 0.29) is 18.7 Å². The molecule has 2 aromatic carbocycles. The monoisotopic (exact) mass is 374 g/mol. The molecule has 4 N–H and O–H groups in total. The Kier molecular flexibility index (Phi) is 4.43. The summed E-state index contributed by atoms with van der Waals surface area (Å²) in [5.74, 6) is 0. The zero-order valence-corrected chi connectivity index (χ0v) is 16.0. The van der Waals surface area contributed by atoms with E-state index in [0.29, 0.717) is 6.04 Å². The van der Waals surface area contributed by atoms with Crippen molar-refractivity contribution in [3.8, 4) is 0 Å². The molecular weight excluding hydrogens is 348 g/mol. The molecular formula is C23H26N4O. The average molecular weight is 374 g/mol. The number of H-pyrrole nitrogens is 2. The molecule has 2 atom stereocenters. The van der Waals surface area contributed by atoms with Crippen molar-refractivity contribution in [3.05, 3.63) is 72.3 Å². The molecule has 5 nitrogen and oxygen atoms in total. The largest absolute Gasteiger partial charge is 0.395 e. The van der Waals surface area contributed by atoms with Gasteiger partial charge in [-0.3, -0.25) is 4.90 Å². The first-order chi connectivity index (χ1) is 13.7. The smallest absolute Gasteiger partial charge is 0.0587 e. The Morgan fingerprint density at radius 2 is 1.54 bits per heavy atom. The predicted molar refractivity (Wildman–Crippen MR) is 113 cm³/mol. The Labute approximate surface area is 164 Å². The highest BCUT2D eigenvalue weighted by molar-refractivity contribution is 5.84. The molecule has 2 aromatic heterocycles. The zero-order valence-electron chi connectivity index (χ0n) is 16.0.